The molecule has 0 fully saturated rings. The molecule has 1 heterocycles. The molecule has 0 unspecified atom stereocenters. The third-order valence-corrected chi connectivity index (χ3v) is 4.27. The van der Waals surface area contributed by atoms with Crippen LogP contribution in [0.5, 0.6) is 0 Å². The summed E-state index contributed by atoms with van der Waals surface area (Å²) in [6.45, 7) is 2.88. The maximum atomic E-state index is 11.9. The van der Waals surface area contributed by atoms with Crippen molar-refractivity contribution in [2.24, 2.45) is 0 Å². The molecule has 2 aromatic rings. The molecule has 0 radical (unpaired) electrons. The molecule has 7 heteroatoms. The summed E-state index contributed by atoms with van der Waals surface area (Å²) in [4.78, 5) is 28.7. The van der Waals surface area contributed by atoms with E-state index in [0.29, 0.717) is 36.5 Å². The van der Waals surface area contributed by atoms with Crippen LogP contribution < -0.4 is 10.6 Å². The summed E-state index contributed by atoms with van der Waals surface area (Å²) in [5, 5.41) is 7.20. The van der Waals surface area contributed by atoms with Gasteiger partial charge in [0.05, 0.1) is 11.6 Å². The van der Waals surface area contributed by atoms with E-state index in [1.165, 1.54) is 0 Å². The molecule has 2 amide bonds. The number of carbonyl (C=O) groups is 2. The Balaban J connectivity index is 1.62. The van der Waals surface area contributed by atoms with Crippen molar-refractivity contribution in [2.75, 3.05) is 6.54 Å². The summed E-state index contributed by atoms with van der Waals surface area (Å²) in [6, 6.07) is 6.68. The molecule has 23 heavy (non-hydrogen) atoms. The van der Waals surface area contributed by atoms with Gasteiger partial charge in [-0.1, -0.05) is 11.6 Å². The molecule has 1 aromatic heterocycles. The predicted octanol–water partition coefficient (Wildman–Crippen LogP) is 2.93. The van der Waals surface area contributed by atoms with Gasteiger partial charge in [0.15, 0.2) is 0 Å². The fourth-order valence-corrected chi connectivity index (χ4v) is 2.78. The molecule has 5 nitrogen and oxygen atoms in total. The average Bonchev–Trinajstić information content (AvgIpc) is 2.95. The highest BCUT2D eigenvalue weighted by Gasteiger charge is 2.06. The first kappa shape index (κ1) is 17.4. The van der Waals surface area contributed by atoms with Crippen molar-refractivity contribution in [3.8, 4) is 0 Å². The van der Waals surface area contributed by atoms with E-state index in [-0.39, 0.29) is 11.8 Å². The highest BCUT2D eigenvalue weighted by molar-refractivity contribution is 7.11. The number of rotatable bonds is 7. The fraction of sp³-hybridized carbons (Fsp3) is 0.312. The summed E-state index contributed by atoms with van der Waals surface area (Å²) in [5.41, 5.74) is 0.555. The zero-order chi connectivity index (χ0) is 16.7. The van der Waals surface area contributed by atoms with Gasteiger partial charge in [0.25, 0.3) is 5.91 Å². The van der Waals surface area contributed by atoms with E-state index in [2.05, 4.69) is 15.6 Å². The number of aromatic nitrogens is 1. The molecule has 0 aliphatic rings. The molecular weight excluding hydrogens is 334 g/mol. The topological polar surface area (TPSA) is 71.1 Å². The lowest BCUT2D eigenvalue weighted by Gasteiger charge is -2.06. The normalized spacial score (nSPS) is 10.3. The van der Waals surface area contributed by atoms with E-state index in [1.807, 2.05) is 6.92 Å². The van der Waals surface area contributed by atoms with E-state index in [1.54, 1.807) is 41.8 Å². The monoisotopic (exact) mass is 351 g/mol. The molecule has 0 aliphatic heterocycles. The maximum Gasteiger partial charge on any atom is 0.251 e. The smallest absolute Gasteiger partial charge is 0.251 e. The first-order chi connectivity index (χ1) is 11.0. The van der Waals surface area contributed by atoms with E-state index >= 15 is 0 Å². The summed E-state index contributed by atoms with van der Waals surface area (Å²) in [7, 11) is 0. The molecule has 1 aromatic carbocycles. The number of nitrogens with one attached hydrogen (secondary N) is 2. The SMILES string of the molecule is Cc1ncc(CNC(=O)CCCNC(=O)c2ccc(Cl)cc2)s1. The Labute approximate surface area is 144 Å². The minimum atomic E-state index is -0.165. The van der Waals surface area contributed by atoms with Crippen molar-refractivity contribution in [1.29, 1.82) is 0 Å². The summed E-state index contributed by atoms with van der Waals surface area (Å²) < 4.78 is 0. The van der Waals surface area contributed by atoms with Crippen molar-refractivity contribution in [3.63, 3.8) is 0 Å². The Hall–Kier alpha value is -1.92. The molecule has 0 aliphatic carbocycles. The number of halogens is 1. The minimum absolute atomic E-state index is 0.0307. The average molecular weight is 352 g/mol. The third-order valence-electron chi connectivity index (χ3n) is 3.10. The number of carbonyl (C=O) groups excluding carboxylic acids is 2. The number of amides is 2. The molecule has 0 saturated heterocycles. The Morgan fingerprint density at radius 3 is 2.61 bits per heavy atom. The van der Waals surface area contributed by atoms with Crippen LogP contribution in [0.2, 0.25) is 5.02 Å². The first-order valence-corrected chi connectivity index (χ1v) is 8.46. The van der Waals surface area contributed by atoms with Crippen LogP contribution in [0, 0.1) is 6.92 Å². The van der Waals surface area contributed by atoms with E-state index in [9.17, 15) is 9.59 Å². The second-order valence-corrected chi connectivity index (χ2v) is 6.74. The van der Waals surface area contributed by atoms with Crippen molar-refractivity contribution in [2.45, 2.75) is 26.3 Å². The van der Waals surface area contributed by atoms with Gasteiger partial charge in [0.2, 0.25) is 5.91 Å². The Morgan fingerprint density at radius 2 is 1.96 bits per heavy atom. The lowest BCUT2D eigenvalue weighted by Crippen LogP contribution is -2.27. The fourth-order valence-electron chi connectivity index (χ4n) is 1.92. The van der Waals surface area contributed by atoms with Crippen molar-refractivity contribution < 1.29 is 9.59 Å². The molecule has 2 N–H and O–H groups in total. The van der Waals surface area contributed by atoms with Crippen LogP contribution in [0.3, 0.4) is 0 Å². The van der Waals surface area contributed by atoms with Crippen molar-refractivity contribution in [1.82, 2.24) is 15.6 Å². The standard InChI is InChI=1S/C16H18ClN3O2S/c1-11-19-9-14(23-11)10-20-15(21)3-2-8-18-16(22)12-4-6-13(17)7-5-12/h4-7,9H,2-3,8,10H2,1H3,(H,18,22)(H,20,21). The van der Waals surface area contributed by atoms with Crippen LogP contribution >= 0.6 is 22.9 Å². The number of hydrogen-bond acceptors (Lipinski definition) is 4. The summed E-state index contributed by atoms with van der Waals surface area (Å²) in [6.07, 6.45) is 2.73. The van der Waals surface area contributed by atoms with Crippen LogP contribution in [-0.2, 0) is 11.3 Å². The van der Waals surface area contributed by atoms with Gasteiger partial charge in [-0.05, 0) is 37.6 Å². The van der Waals surface area contributed by atoms with E-state index in [4.69, 9.17) is 11.6 Å². The molecule has 0 spiro atoms. The van der Waals surface area contributed by atoms with Gasteiger partial charge in [-0.3, -0.25) is 9.59 Å². The van der Waals surface area contributed by atoms with Gasteiger partial charge in [0.1, 0.15) is 0 Å². The summed E-state index contributed by atoms with van der Waals surface area (Å²) >= 11 is 7.34. The zero-order valence-corrected chi connectivity index (χ0v) is 14.3. The van der Waals surface area contributed by atoms with Crippen molar-refractivity contribution >= 4 is 34.8 Å². The van der Waals surface area contributed by atoms with E-state index < -0.39 is 0 Å². The summed E-state index contributed by atoms with van der Waals surface area (Å²) in [5.74, 6) is -0.195. The van der Waals surface area contributed by atoms with Crippen LogP contribution in [0.25, 0.3) is 0 Å². The Morgan fingerprint density at radius 1 is 1.22 bits per heavy atom. The van der Waals surface area contributed by atoms with Gasteiger partial charge in [-0.25, -0.2) is 4.98 Å². The molecular formula is C16H18ClN3O2S. The van der Waals surface area contributed by atoms with Crippen LogP contribution in [0.15, 0.2) is 30.5 Å². The lowest BCUT2D eigenvalue weighted by molar-refractivity contribution is -0.121. The third kappa shape index (κ3) is 6.00. The van der Waals surface area contributed by atoms with E-state index in [0.717, 1.165) is 9.88 Å². The molecule has 2 rings (SSSR count). The molecule has 0 saturated carbocycles. The Kier molecular flexibility index (Phi) is 6.55. The first-order valence-electron chi connectivity index (χ1n) is 7.26. The second kappa shape index (κ2) is 8.64. The van der Waals surface area contributed by atoms with Gasteiger partial charge in [-0.15, -0.1) is 11.3 Å². The van der Waals surface area contributed by atoms with Crippen LogP contribution in [0.1, 0.15) is 33.1 Å². The minimum Gasteiger partial charge on any atom is -0.352 e. The number of nitrogens with zero attached hydrogens (tertiary/aromatic N) is 1. The Bertz CT molecular complexity index is 670. The number of hydrogen-bond donors (Lipinski definition) is 2. The van der Waals surface area contributed by atoms with Crippen LogP contribution in [-0.4, -0.2) is 23.3 Å². The molecule has 0 atom stereocenters. The highest BCUT2D eigenvalue weighted by atomic mass is 35.5. The van der Waals surface area contributed by atoms with Gasteiger partial charge >= 0.3 is 0 Å². The second-order valence-electron chi connectivity index (χ2n) is 4.99. The highest BCUT2D eigenvalue weighted by Crippen LogP contribution is 2.11. The number of benzene rings is 1. The quantitative estimate of drug-likeness (QED) is 0.753. The lowest BCUT2D eigenvalue weighted by atomic mass is 10.2. The molecule has 122 valence electrons. The van der Waals surface area contributed by atoms with Gasteiger partial charge in [0, 0.05) is 34.6 Å². The molecule has 0 bridgehead atoms. The number of thiazole rings is 1. The maximum absolute atomic E-state index is 11.9. The van der Waals surface area contributed by atoms with Crippen LogP contribution in [0.4, 0.5) is 0 Å². The van der Waals surface area contributed by atoms with Crippen molar-refractivity contribution in [3.05, 3.63) is 50.9 Å². The zero-order valence-electron chi connectivity index (χ0n) is 12.8. The predicted molar refractivity (Wildman–Crippen MR) is 91.7 cm³/mol. The van der Waals surface area contributed by atoms with Gasteiger partial charge < -0.3 is 10.6 Å². The van der Waals surface area contributed by atoms with Gasteiger partial charge in [-0.2, -0.15) is 0 Å². The number of aryl methyl sites for hydroxylation is 1. The largest absolute Gasteiger partial charge is 0.352 e.